The second-order valence-corrected chi connectivity index (χ2v) is 7.03. The Labute approximate surface area is 159 Å². The summed E-state index contributed by atoms with van der Waals surface area (Å²) in [4.78, 5) is 26.4. The third-order valence-electron chi connectivity index (χ3n) is 4.78. The smallest absolute Gasteiger partial charge is 0.227 e. The normalized spacial score (nSPS) is 16.8. The summed E-state index contributed by atoms with van der Waals surface area (Å²) in [5.41, 5.74) is 3.22. The standard InChI is InChI=1S/C21H23ClN2O2/c1-2-15-5-9-19(10-6-15)24-14-17(13-20(24)25)21(26)23-12-11-16-3-7-18(22)8-4-16/h3-10,17H,2,11-14H2,1H3,(H,23,26). The van der Waals surface area contributed by atoms with Gasteiger partial charge >= 0.3 is 0 Å². The van der Waals surface area contributed by atoms with Crippen LogP contribution in [0.4, 0.5) is 5.69 Å². The number of benzene rings is 2. The van der Waals surface area contributed by atoms with Crippen LogP contribution in [0.1, 0.15) is 24.5 Å². The predicted octanol–water partition coefficient (Wildman–Crippen LogP) is 3.61. The fourth-order valence-electron chi connectivity index (χ4n) is 3.17. The van der Waals surface area contributed by atoms with Gasteiger partial charge in [0.25, 0.3) is 0 Å². The Hall–Kier alpha value is -2.33. The van der Waals surface area contributed by atoms with Gasteiger partial charge < -0.3 is 10.2 Å². The Kier molecular flexibility index (Phi) is 5.94. The van der Waals surface area contributed by atoms with Gasteiger partial charge in [0.2, 0.25) is 11.8 Å². The van der Waals surface area contributed by atoms with Crippen LogP contribution < -0.4 is 10.2 Å². The van der Waals surface area contributed by atoms with E-state index >= 15 is 0 Å². The summed E-state index contributed by atoms with van der Waals surface area (Å²) in [5, 5.41) is 3.65. The van der Waals surface area contributed by atoms with Crippen molar-refractivity contribution in [2.75, 3.05) is 18.0 Å². The Balaban J connectivity index is 1.52. The number of nitrogens with one attached hydrogen (secondary N) is 1. The molecule has 1 saturated heterocycles. The first-order valence-electron chi connectivity index (χ1n) is 8.98. The topological polar surface area (TPSA) is 49.4 Å². The number of hydrogen-bond acceptors (Lipinski definition) is 2. The molecule has 1 aliphatic heterocycles. The van der Waals surface area contributed by atoms with Crippen molar-refractivity contribution >= 4 is 29.1 Å². The Morgan fingerprint density at radius 1 is 1.12 bits per heavy atom. The lowest BCUT2D eigenvalue weighted by atomic mass is 10.1. The van der Waals surface area contributed by atoms with Crippen LogP contribution in [-0.2, 0) is 22.4 Å². The first kappa shape index (κ1) is 18.5. The highest BCUT2D eigenvalue weighted by Crippen LogP contribution is 2.25. The van der Waals surface area contributed by atoms with Crippen LogP contribution in [0.15, 0.2) is 48.5 Å². The Morgan fingerprint density at radius 2 is 1.77 bits per heavy atom. The lowest BCUT2D eigenvalue weighted by molar-refractivity contribution is -0.126. The number of hydrogen-bond donors (Lipinski definition) is 1. The van der Waals surface area contributed by atoms with Crippen molar-refractivity contribution in [1.82, 2.24) is 5.32 Å². The highest BCUT2D eigenvalue weighted by molar-refractivity contribution is 6.30. The van der Waals surface area contributed by atoms with E-state index in [2.05, 4.69) is 12.2 Å². The molecule has 2 aromatic carbocycles. The summed E-state index contributed by atoms with van der Waals surface area (Å²) >= 11 is 5.87. The number of anilines is 1. The van der Waals surface area contributed by atoms with Crippen LogP contribution in [-0.4, -0.2) is 24.9 Å². The van der Waals surface area contributed by atoms with Gasteiger partial charge in [-0.25, -0.2) is 0 Å². The molecule has 0 bridgehead atoms. The van der Waals surface area contributed by atoms with Crippen molar-refractivity contribution < 1.29 is 9.59 Å². The van der Waals surface area contributed by atoms with Gasteiger partial charge in [-0.3, -0.25) is 9.59 Å². The molecule has 2 aromatic rings. The molecule has 0 aromatic heterocycles. The number of nitrogens with zero attached hydrogens (tertiary/aromatic N) is 1. The van der Waals surface area contributed by atoms with E-state index in [0.29, 0.717) is 18.1 Å². The van der Waals surface area contributed by atoms with Crippen molar-refractivity contribution in [2.24, 2.45) is 5.92 Å². The lowest BCUT2D eigenvalue weighted by Gasteiger charge is -2.17. The molecule has 26 heavy (non-hydrogen) atoms. The third-order valence-corrected chi connectivity index (χ3v) is 5.03. The number of halogens is 1. The Morgan fingerprint density at radius 3 is 2.42 bits per heavy atom. The predicted molar refractivity (Wildman–Crippen MR) is 104 cm³/mol. The van der Waals surface area contributed by atoms with Gasteiger partial charge in [0.1, 0.15) is 0 Å². The molecule has 1 heterocycles. The average Bonchev–Trinajstić information content (AvgIpc) is 3.05. The summed E-state index contributed by atoms with van der Waals surface area (Å²) in [7, 11) is 0. The average molecular weight is 371 g/mol. The van der Waals surface area contributed by atoms with Crippen molar-refractivity contribution in [1.29, 1.82) is 0 Å². The zero-order valence-electron chi connectivity index (χ0n) is 14.9. The Bertz CT molecular complexity index is 772. The fourth-order valence-corrected chi connectivity index (χ4v) is 3.30. The molecule has 0 saturated carbocycles. The molecule has 1 aliphatic rings. The van der Waals surface area contributed by atoms with Crippen LogP contribution in [0.25, 0.3) is 0 Å². The van der Waals surface area contributed by atoms with Crippen molar-refractivity contribution in [3.05, 3.63) is 64.7 Å². The minimum Gasteiger partial charge on any atom is -0.355 e. The van der Waals surface area contributed by atoms with Gasteiger partial charge in [-0.2, -0.15) is 0 Å². The van der Waals surface area contributed by atoms with Crippen molar-refractivity contribution in [3.8, 4) is 0 Å². The summed E-state index contributed by atoms with van der Waals surface area (Å²) < 4.78 is 0. The van der Waals surface area contributed by atoms with Crippen LogP contribution in [0, 0.1) is 5.92 Å². The molecule has 4 nitrogen and oxygen atoms in total. The SMILES string of the molecule is CCc1ccc(N2CC(C(=O)NCCc3ccc(Cl)cc3)CC2=O)cc1. The maximum atomic E-state index is 12.4. The third kappa shape index (κ3) is 4.44. The van der Waals surface area contributed by atoms with Crippen LogP contribution >= 0.6 is 11.6 Å². The van der Waals surface area contributed by atoms with E-state index in [1.165, 1.54) is 5.56 Å². The second-order valence-electron chi connectivity index (χ2n) is 6.59. The molecule has 5 heteroatoms. The molecule has 1 unspecified atom stereocenters. The van der Waals surface area contributed by atoms with E-state index in [0.717, 1.165) is 24.1 Å². The van der Waals surface area contributed by atoms with E-state index in [1.807, 2.05) is 48.5 Å². The zero-order chi connectivity index (χ0) is 18.5. The van der Waals surface area contributed by atoms with Crippen LogP contribution in [0.2, 0.25) is 5.02 Å². The summed E-state index contributed by atoms with van der Waals surface area (Å²) in [6.07, 6.45) is 1.97. The highest BCUT2D eigenvalue weighted by atomic mass is 35.5. The summed E-state index contributed by atoms with van der Waals surface area (Å²) in [6, 6.07) is 15.6. The molecular weight excluding hydrogens is 348 g/mol. The minimum atomic E-state index is -0.293. The molecule has 0 radical (unpaired) electrons. The molecule has 136 valence electrons. The number of carbonyl (C=O) groups is 2. The van der Waals surface area contributed by atoms with Gasteiger partial charge in [0.05, 0.1) is 5.92 Å². The maximum Gasteiger partial charge on any atom is 0.227 e. The monoisotopic (exact) mass is 370 g/mol. The maximum absolute atomic E-state index is 12.4. The number of rotatable bonds is 6. The molecular formula is C21H23ClN2O2. The lowest BCUT2D eigenvalue weighted by Crippen LogP contribution is -2.34. The molecule has 3 rings (SSSR count). The highest BCUT2D eigenvalue weighted by Gasteiger charge is 2.34. The molecule has 0 aliphatic carbocycles. The molecule has 0 spiro atoms. The van der Waals surface area contributed by atoms with E-state index in [-0.39, 0.29) is 24.2 Å². The van der Waals surface area contributed by atoms with Crippen LogP contribution in [0.3, 0.4) is 0 Å². The van der Waals surface area contributed by atoms with Crippen LogP contribution in [0.5, 0.6) is 0 Å². The van der Waals surface area contributed by atoms with Gasteiger partial charge in [0.15, 0.2) is 0 Å². The minimum absolute atomic E-state index is 0.00657. The van der Waals surface area contributed by atoms with E-state index < -0.39 is 0 Å². The molecule has 1 fully saturated rings. The number of carbonyl (C=O) groups excluding carboxylic acids is 2. The largest absolute Gasteiger partial charge is 0.355 e. The first-order valence-corrected chi connectivity index (χ1v) is 9.36. The number of aryl methyl sites for hydroxylation is 1. The fraction of sp³-hybridized carbons (Fsp3) is 0.333. The van der Waals surface area contributed by atoms with Crippen molar-refractivity contribution in [3.63, 3.8) is 0 Å². The summed E-state index contributed by atoms with van der Waals surface area (Å²) in [5.74, 6) is -0.342. The van der Waals surface area contributed by atoms with Gasteiger partial charge in [0, 0.05) is 30.2 Å². The van der Waals surface area contributed by atoms with Gasteiger partial charge in [-0.1, -0.05) is 42.8 Å². The van der Waals surface area contributed by atoms with Gasteiger partial charge in [-0.05, 0) is 48.2 Å². The first-order chi connectivity index (χ1) is 12.6. The van der Waals surface area contributed by atoms with E-state index in [4.69, 9.17) is 11.6 Å². The van der Waals surface area contributed by atoms with Gasteiger partial charge in [-0.15, -0.1) is 0 Å². The van der Waals surface area contributed by atoms with E-state index in [1.54, 1.807) is 4.90 Å². The molecule has 2 amide bonds. The second kappa shape index (κ2) is 8.37. The molecule has 1 atom stereocenters. The van der Waals surface area contributed by atoms with E-state index in [9.17, 15) is 9.59 Å². The van der Waals surface area contributed by atoms with Crippen molar-refractivity contribution in [2.45, 2.75) is 26.2 Å². The summed E-state index contributed by atoms with van der Waals surface area (Å²) in [6.45, 7) is 3.09. The number of amides is 2. The molecule has 1 N–H and O–H groups in total. The zero-order valence-corrected chi connectivity index (χ0v) is 15.6. The quantitative estimate of drug-likeness (QED) is 0.844.